The SMILES string of the molecule is Cc1ccc(C(NC(=O)CCNC(=O)Nc2ccccc2)c2ccccc2)cc1. The van der Waals surface area contributed by atoms with Gasteiger partial charge in [0.15, 0.2) is 0 Å². The molecule has 29 heavy (non-hydrogen) atoms. The van der Waals surface area contributed by atoms with Crippen molar-refractivity contribution in [3.63, 3.8) is 0 Å². The third-order valence-electron chi connectivity index (χ3n) is 4.52. The van der Waals surface area contributed by atoms with Crippen molar-refractivity contribution in [2.45, 2.75) is 19.4 Å². The molecule has 0 saturated heterocycles. The molecule has 5 heteroatoms. The molecular weight excluding hydrogens is 362 g/mol. The van der Waals surface area contributed by atoms with Gasteiger partial charge in [0.2, 0.25) is 5.91 Å². The Morgan fingerprint density at radius 3 is 2.03 bits per heavy atom. The van der Waals surface area contributed by atoms with Crippen LogP contribution in [0.2, 0.25) is 0 Å². The van der Waals surface area contributed by atoms with E-state index in [1.807, 2.05) is 79.7 Å². The summed E-state index contributed by atoms with van der Waals surface area (Å²) in [5.41, 5.74) is 3.91. The number of benzene rings is 3. The average molecular weight is 387 g/mol. The summed E-state index contributed by atoms with van der Waals surface area (Å²) < 4.78 is 0. The van der Waals surface area contributed by atoms with E-state index in [-0.39, 0.29) is 30.9 Å². The Morgan fingerprint density at radius 1 is 0.793 bits per heavy atom. The van der Waals surface area contributed by atoms with E-state index < -0.39 is 0 Å². The van der Waals surface area contributed by atoms with Gasteiger partial charge < -0.3 is 16.0 Å². The highest BCUT2D eigenvalue weighted by Gasteiger charge is 2.16. The zero-order valence-corrected chi connectivity index (χ0v) is 16.4. The lowest BCUT2D eigenvalue weighted by molar-refractivity contribution is -0.121. The number of amides is 3. The van der Waals surface area contributed by atoms with Gasteiger partial charge in [-0.25, -0.2) is 4.79 Å². The van der Waals surface area contributed by atoms with Crippen LogP contribution in [0.5, 0.6) is 0 Å². The molecule has 5 nitrogen and oxygen atoms in total. The lowest BCUT2D eigenvalue weighted by Crippen LogP contribution is -2.35. The Balaban J connectivity index is 1.56. The molecule has 0 aliphatic carbocycles. The first-order valence-corrected chi connectivity index (χ1v) is 9.62. The van der Waals surface area contributed by atoms with Crippen LogP contribution in [-0.4, -0.2) is 18.5 Å². The number of hydrogen-bond acceptors (Lipinski definition) is 2. The van der Waals surface area contributed by atoms with E-state index in [1.54, 1.807) is 12.1 Å². The first kappa shape index (κ1) is 20.1. The Labute approximate surface area is 171 Å². The Morgan fingerprint density at radius 2 is 1.38 bits per heavy atom. The van der Waals surface area contributed by atoms with Crippen molar-refractivity contribution in [2.75, 3.05) is 11.9 Å². The van der Waals surface area contributed by atoms with Crippen molar-refractivity contribution in [1.29, 1.82) is 0 Å². The summed E-state index contributed by atoms with van der Waals surface area (Å²) in [6, 6.07) is 26.6. The predicted molar refractivity (Wildman–Crippen MR) is 116 cm³/mol. The number of carbonyl (C=O) groups excluding carboxylic acids is 2. The van der Waals surface area contributed by atoms with Gasteiger partial charge in [0.05, 0.1) is 6.04 Å². The zero-order chi connectivity index (χ0) is 20.5. The molecule has 148 valence electrons. The molecule has 3 amide bonds. The van der Waals surface area contributed by atoms with Crippen molar-refractivity contribution in [1.82, 2.24) is 10.6 Å². The number of aryl methyl sites for hydroxylation is 1. The molecule has 0 aromatic heterocycles. The van der Waals surface area contributed by atoms with Gasteiger partial charge in [-0.3, -0.25) is 4.79 Å². The molecule has 0 heterocycles. The van der Waals surface area contributed by atoms with Gasteiger partial charge in [-0.1, -0.05) is 78.4 Å². The number of carbonyl (C=O) groups is 2. The van der Waals surface area contributed by atoms with Crippen LogP contribution in [0.4, 0.5) is 10.5 Å². The van der Waals surface area contributed by atoms with Crippen molar-refractivity contribution >= 4 is 17.6 Å². The second-order valence-electron chi connectivity index (χ2n) is 6.82. The highest BCUT2D eigenvalue weighted by molar-refractivity contribution is 5.89. The smallest absolute Gasteiger partial charge is 0.319 e. The van der Waals surface area contributed by atoms with E-state index in [0.717, 1.165) is 11.1 Å². The molecule has 3 rings (SSSR count). The van der Waals surface area contributed by atoms with Crippen molar-refractivity contribution in [3.8, 4) is 0 Å². The molecule has 3 N–H and O–H groups in total. The lowest BCUT2D eigenvalue weighted by Gasteiger charge is -2.20. The summed E-state index contributed by atoms with van der Waals surface area (Å²) in [5, 5.41) is 8.52. The summed E-state index contributed by atoms with van der Waals surface area (Å²) in [4.78, 5) is 24.5. The quantitative estimate of drug-likeness (QED) is 0.562. The van der Waals surface area contributed by atoms with Gasteiger partial charge in [-0.15, -0.1) is 0 Å². The minimum atomic E-state index is -0.331. The molecule has 0 aliphatic rings. The second kappa shape index (κ2) is 10.1. The van der Waals surface area contributed by atoms with Crippen LogP contribution in [0.15, 0.2) is 84.9 Å². The van der Waals surface area contributed by atoms with E-state index in [9.17, 15) is 9.59 Å². The highest BCUT2D eigenvalue weighted by Crippen LogP contribution is 2.22. The first-order chi connectivity index (χ1) is 14.1. The van der Waals surface area contributed by atoms with E-state index in [4.69, 9.17) is 0 Å². The summed E-state index contributed by atoms with van der Waals surface area (Å²) in [5.74, 6) is -0.126. The standard InChI is InChI=1S/C24H25N3O2/c1-18-12-14-20(15-13-18)23(19-8-4-2-5-9-19)27-22(28)16-17-25-24(29)26-21-10-6-3-7-11-21/h2-15,23H,16-17H2,1H3,(H,27,28)(H2,25,26,29). The largest absolute Gasteiger partial charge is 0.345 e. The van der Waals surface area contributed by atoms with Gasteiger partial charge in [-0.2, -0.15) is 0 Å². The van der Waals surface area contributed by atoms with Crippen molar-refractivity contribution in [2.24, 2.45) is 0 Å². The third kappa shape index (κ3) is 6.21. The van der Waals surface area contributed by atoms with Gasteiger partial charge in [0, 0.05) is 18.7 Å². The maximum Gasteiger partial charge on any atom is 0.319 e. The summed E-state index contributed by atoms with van der Waals surface area (Å²) in [6.07, 6.45) is 0.192. The minimum absolute atomic E-state index is 0.126. The van der Waals surface area contributed by atoms with E-state index in [0.29, 0.717) is 5.69 Å². The van der Waals surface area contributed by atoms with Gasteiger partial charge in [0.25, 0.3) is 0 Å². The molecule has 3 aromatic carbocycles. The molecule has 0 spiro atoms. The fraction of sp³-hybridized carbons (Fsp3) is 0.167. The normalized spacial score (nSPS) is 11.3. The van der Waals surface area contributed by atoms with Crippen LogP contribution in [-0.2, 0) is 4.79 Å². The average Bonchev–Trinajstić information content (AvgIpc) is 2.74. The van der Waals surface area contributed by atoms with Crippen LogP contribution in [0.1, 0.15) is 29.2 Å². The van der Waals surface area contributed by atoms with Gasteiger partial charge >= 0.3 is 6.03 Å². The van der Waals surface area contributed by atoms with Crippen molar-refractivity contribution < 1.29 is 9.59 Å². The molecule has 0 bridgehead atoms. The van der Waals surface area contributed by atoms with Gasteiger partial charge in [-0.05, 0) is 30.2 Å². The van der Waals surface area contributed by atoms with Crippen LogP contribution in [0, 0.1) is 6.92 Å². The van der Waals surface area contributed by atoms with Crippen LogP contribution >= 0.6 is 0 Å². The monoisotopic (exact) mass is 387 g/mol. The minimum Gasteiger partial charge on any atom is -0.345 e. The highest BCUT2D eigenvalue weighted by atomic mass is 16.2. The number of rotatable bonds is 7. The molecular formula is C24H25N3O2. The molecule has 0 aliphatic heterocycles. The summed E-state index contributed by atoms with van der Waals surface area (Å²) in [6.45, 7) is 2.28. The lowest BCUT2D eigenvalue weighted by atomic mass is 9.97. The maximum absolute atomic E-state index is 12.5. The summed E-state index contributed by atoms with van der Waals surface area (Å²) in [7, 11) is 0. The molecule has 1 unspecified atom stereocenters. The fourth-order valence-corrected chi connectivity index (χ4v) is 2.98. The molecule has 0 saturated carbocycles. The van der Waals surface area contributed by atoms with E-state index >= 15 is 0 Å². The number of nitrogens with one attached hydrogen (secondary N) is 3. The Kier molecular flexibility index (Phi) is 7.00. The predicted octanol–water partition coefficient (Wildman–Crippen LogP) is 4.41. The third-order valence-corrected chi connectivity index (χ3v) is 4.52. The molecule has 3 aromatic rings. The van der Waals surface area contributed by atoms with Crippen LogP contribution < -0.4 is 16.0 Å². The number of anilines is 1. The summed E-state index contributed by atoms with van der Waals surface area (Å²) >= 11 is 0. The fourth-order valence-electron chi connectivity index (χ4n) is 2.98. The van der Waals surface area contributed by atoms with Gasteiger partial charge in [0.1, 0.15) is 0 Å². The number of urea groups is 1. The Bertz CT molecular complexity index is 925. The Hall–Kier alpha value is -3.60. The van der Waals surface area contributed by atoms with Crippen LogP contribution in [0.3, 0.4) is 0 Å². The number of hydrogen-bond donors (Lipinski definition) is 3. The molecule has 0 fully saturated rings. The van der Waals surface area contributed by atoms with E-state index in [1.165, 1.54) is 5.56 Å². The second-order valence-corrected chi connectivity index (χ2v) is 6.82. The molecule has 0 radical (unpaired) electrons. The van der Waals surface area contributed by atoms with Crippen LogP contribution in [0.25, 0.3) is 0 Å². The molecule has 1 atom stereocenters. The first-order valence-electron chi connectivity index (χ1n) is 9.62. The topological polar surface area (TPSA) is 70.2 Å². The van der Waals surface area contributed by atoms with Crippen molar-refractivity contribution in [3.05, 3.63) is 102 Å². The van der Waals surface area contributed by atoms with E-state index in [2.05, 4.69) is 16.0 Å². The number of para-hydroxylation sites is 1. The zero-order valence-electron chi connectivity index (χ0n) is 16.4. The maximum atomic E-state index is 12.5.